The molecule has 0 rings (SSSR count). The van der Waals surface area contributed by atoms with Gasteiger partial charge in [-0.2, -0.15) is 0 Å². The van der Waals surface area contributed by atoms with E-state index in [0.717, 1.165) is 0 Å². The molecule has 2 atom stereocenters. The van der Waals surface area contributed by atoms with Crippen LogP contribution in [0.3, 0.4) is 0 Å². The molecule has 0 aliphatic rings. The maximum absolute atomic E-state index is 8.99. The highest BCUT2D eigenvalue weighted by molar-refractivity contribution is 5.81. The Morgan fingerprint density at radius 3 is 2.58 bits per heavy atom. The number of nitrogens with one attached hydrogen (secondary N) is 1. The van der Waals surface area contributed by atoms with Crippen LogP contribution in [-0.4, -0.2) is 34.8 Å². The summed E-state index contributed by atoms with van der Waals surface area (Å²) in [5.41, 5.74) is 5.23. The summed E-state index contributed by atoms with van der Waals surface area (Å²) in [4.78, 5) is 0. The summed E-state index contributed by atoms with van der Waals surface area (Å²) in [7, 11) is 0. The van der Waals surface area contributed by atoms with E-state index in [1.165, 1.54) is 0 Å². The summed E-state index contributed by atoms with van der Waals surface area (Å²) in [6, 6.07) is 0.158. The van der Waals surface area contributed by atoms with Crippen molar-refractivity contribution in [2.24, 2.45) is 10.9 Å². The lowest BCUT2D eigenvalue weighted by molar-refractivity contribution is 0.171. The molecule has 0 aliphatic carbocycles. The van der Waals surface area contributed by atoms with Gasteiger partial charge in [0.2, 0.25) is 0 Å². The maximum atomic E-state index is 8.99. The minimum absolute atomic E-state index is 0.146. The number of aliphatic hydroxyl groups excluding tert-OH is 1. The van der Waals surface area contributed by atoms with Crippen molar-refractivity contribution in [3.05, 3.63) is 0 Å². The van der Waals surface area contributed by atoms with Gasteiger partial charge in [0.15, 0.2) is 5.84 Å². The van der Waals surface area contributed by atoms with Crippen molar-refractivity contribution in [2.45, 2.75) is 32.4 Å². The van der Waals surface area contributed by atoms with Crippen molar-refractivity contribution < 1.29 is 10.3 Å². The van der Waals surface area contributed by atoms with Crippen LogP contribution in [0.4, 0.5) is 0 Å². The van der Waals surface area contributed by atoms with Crippen LogP contribution >= 0.6 is 0 Å². The lowest BCUT2D eigenvalue weighted by Gasteiger charge is -2.14. The molecule has 0 aromatic heterocycles. The Kier molecular flexibility index (Phi) is 5.40. The summed E-state index contributed by atoms with van der Waals surface area (Å²) in [6.45, 7) is 3.99. The predicted molar refractivity (Wildman–Crippen MR) is 47.2 cm³/mol. The molecule has 0 radical (unpaired) electrons. The van der Waals surface area contributed by atoms with Crippen LogP contribution < -0.4 is 11.1 Å². The number of oxime groups is 1. The molecule has 0 aromatic carbocycles. The Bertz CT molecular complexity index is 148. The number of hydrogen-bond donors (Lipinski definition) is 4. The minimum Gasteiger partial charge on any atom is -0.409 e. The van der Waals surface area contributed by atoms with E-state index in [9.17, 15) is 0 Å². The average Bonchev–Trinajstić information content (AvgIpc) is 1.99. The van der Waals surface area contributed by atoms with Crippen molar-refractivity contribution >= 4 is 5.84 Å². The van der Waals surface area contributed by atoms with Crippen LogP contribution in [0.15, 0.2) is 5.16 Å². The Hall–Kier alpha value is -0.810. The number of hydrogen-bond acceptors (Lipinski definition) is 4. The molecule has 0 fully saturated rings. The van der Waals surface area contributed by atoms with Gasteiger partial charge in [-0.3, -0.25) is 0 Å². The Morgan fingerprint density at radius 1 is 1.58 bits per heavy atom. The third-order valence-electron chi connectivity index (χ3n) is 1.45. The summed E-state index contributed by atoms with van der Waals surface area (Å²) < 4.78 is 0. The van der Waals surface area contributed by atoms with E-state index in [-0.39, 0.29) is 18.0 Å². The Morgan fingerprint density at radius 2 is 2.17 bits per heavy atom. The molecule has 5 heteroatoms. The van der Waals surface area contributed by atoms with Gasteiger partial charge in [-0.15, -0.1) is 0 Å². The fraction of sp³-hybridized carbons (Fsp3) is 0.857. The predicted octanol–water partition coefficient (Wildman–Crippen LogP) is -0.518. The molecule has 0 amide bonds. The largest absolute Gasteiger partial charge is 0.409 e. The van der Waals surface area contributed by atoms with Gasteiger partial charge in [-0.25, -0.2) is 0 Å². The van der Waals surface area contributed by atoms with Crippen LogP contribution in [0.25, 0.3) is 0 Å². The van der Waals surface area contributed by atoms with Gasteiger partial charge in [0, 0.05) is 6.04 Å². The van der Waals surface area contributed by atoms with E-state index < -0.39 is 0 Å². The van der Waals surface area contributed by atoms with Crippen LogP contribution in [-0.2, 0) is 0 Å². The number of nitrogens with zero attached hydrogens (tertiary/aromatic N) is 1. The molecule has 72 valence electrons. The van der Waals surface area contributed by atoms with Crippen molar-refractivity contribution in [1.82, 2.24) is 5.32 Å². The van der Waals surface area contributed by atoms with E-state index in [1.807, 2.05) is 6.92 Å². The average molecular weight is 175 g/mol. The monoisotopic (exact) mass is 175 g/mol. The molecule has 0 saturated carbocycles. The highest BCUT2D eigenvalue weighted by Gasteiger charge is 2.05. The fourth-order valence-electron chi connectivity index (χ4n) is 0.909. The molecule has 12 heavy (non-hydrogen) atoms. The summed E-state index contributed by atoms with van der Waals surface area (Å²) in [6.07, 6.45) is 0.318. The van der Waals surface area contributed by atoms with E-state index in [2.05, 4.69) is 10.5 Å². The van der Waals surface area contributed by atoms with Crippen LogP contribution in [0.5, 0.6) is 0 Å². The van der Waals surface area contributed by atoms with Crippen molar-refractivity contribution in [2.75, 3.05) is 6.54 Å². The Labute approximate surface area is 72.3 Å². The molecule has 0 aliphatic heterocycles. The van der Waals surface area contributed by atoms with E-state index >= 15 is 0 Å². The second kappa shape index (κ2) is 5.79. The van der Waals surface area contributed by atoms with Gasteiger partial charge >= 0.3 is 0 Å². The topological polar surface area (TPSA) is 90.9 Å². The lowest BCUT2D eigenvalue weighted by atomic mass is 10.1. The molecule has 0 saturated heterocycles. The summed E-state index contributed by atoms with van der Waals surface area (Å²) >= 11 is 0. The normalized spacial score (nSPS) is 17.4. The molecular weight excluding hydrogens is 158 g/mol. The molecule has 2 unspecified atom stereocenters. The zero-order chi connectivity index (χ0) is 9.56. The molecule has 5 nitrogen and oxygen atoms in total. The number of nitrogens with two attached hydrogens (primary N) is 1. The number of aliphatic hydroxyl groups is 1. The standard InChI is InChI=1S/C7H17N3O2/c1-5(3-6(2)11)9-4-7(8)10-12/h5-6,9,11-12H,3-4H2,1-2H3,(H2,8,10). The van der Waals surface area contributed by atoms with Crippen LogP contribution in [0.1, 0.15) is 20.3 Å². The van der Waals surface area contributed by atoms with Gasteiger partial charge in [0.25, 0.3) is 0 Å². The molecular formula is C7H17N3O2. The highest BCUT2D eigenvalue weighted by atomic mass is 16.4. The SMILES string of the molecule is CC(O)CC(C)NCC(N)=NO. The first kappa shape index (κ1) is 11.2. The van der Waals surface area contributed by atoms with E-state index in [4.69, 9.17) is 16.0 Å². The maximum Gasteiger partial charge on any atom is 0.153 e. The fourth-order valence-corrected chi connectivity index (χ4v) is 0.909. The van der Waals surface area contributed by atoms with Crippen LogP contribution in [0.2, 0.25) is 0 Å². The zero-order valence-electron chi connectivity index (χ0n) is 7.49. The highest BCUT2D eigenvalue weighted by Crippen LogP contribution is 1.95. The van der Waals surface area contributed by atoms with Gasteiger partial charge < -0.3 is 21.4 Å². The van der Waals surface area contributed by atoms with Gasteiger partial charge in [-0.1, -0.05) is 5.16 Å². The second-order valence-electron chi connectivity index (χ2n) is 2.96. The first-order chi connectivity index (χ1) is 5.56. The van der Waals surface area contributed by atoms with E-state index in [0.29, 0.717) is 13.0 Å². The number of amidine groups is 1. The third-order valence-corrected chi connectivity index (χ3v) is 1.45. The van der Waals surface area contributed by atoms with Gasteiger partial charge in [0.05, 0.1) is 12.6 Å². The second-order valence-corrected chi connectivity index (χ2v) is 2.96. The van der Waals surface area contributed by atoms with Crippen molar-refractivity contribution in [3.8, 4) is 0 Å². The molecule has 5 N–H and O–H groups in total. The first-order valence-electron chi connectivity index (χ1n) is 3.94. The van der Waals surface area contributed by atoms with E-state index in [1.54, 1.807) is 6.92 Å². The molecule has 0 heterocycles. The Balaban J connectivity index is 3.50. The number of rotatable bonds is 5. The van der Waals surface area contributed by atoms with Crippen LogP contribution in [0, 0.1) is 0 Å². The minimum atomic E-state index is -0.334. The lowest BCUT2D eigenvalue weighted by Crippen LogP contribution is -2.36. The van der Waals surface area contributed by atoms with Gasteiger partial charge in [0.1, 0.15) is 0 Å². The van der Waals surface area contributed by atoms with Gasteiger partial charge in [-0.05, 0) is 20.3 Å². The quantitative estimate of drug-likeness (QED) is 0.196. The first-order valence-corrected chi connectivity index (χ1v) is 3.94. The van der Waals surface area contributed by atoms with Crippen molar-refractivity contribution in [3.63, 3.8) is 0 Å². The molecule has 0 aromatic rings. The zero-order valence-corrected chi connectivity index (χ0v) is 7.49. The molecule has 0 bridgehead atoms. The summed E-state index contributed by atoms with van der Waals surface area (Å²) in [5, 5.41) is 23.0. The molecule has 0 spiro atoms. The smallest absolute Gasteiger partial charge is 0.153 e. The van der Waals surface area contributed by atoms with Crippen molar-refractivity contribution in [1.29, 1.82) is 0 Å². The summed E-state index contributed by atoms with van der Waals surface area (Å²) in [5.74, 6) is 0.146. The third kappa shape index (κ3) is 5.94.